The van der Waals surface area contributed by atoms with Crippen LogP contribution in [0.1, 0.15) is 206 Å². The van der Waals surface area contributed by atoms with Crippen LogP contribution in [0.2, 0.25) is 0 Å². The average molecular weight is 743 g/mol. The molecule has 0 rings (SSSR count). The minimum atomic E-state index is -4.26. The molecule has 0 aliphatic carbocycles. The summed E-state index contributed by atoms with van der Waals surface area (Å²) < 4.78 is 31.9. The van der Waals surface area contributed by atoms with Gasteiger partial charge in [0.15, 0.2) is 6.10 Å². The van der Waals surface area contributed by atoms with Gasteiger partial charge in [0.2, 0.25) is 0 Å². The van der Waals surface area contributed by atoms with E-state index < -0.39 is 26.5 Å². The molecule has 9 heteroatoms. The van der Waals surface area contributed by atoms with Gasteiger partial charge in [-0.2, -0.15) is 0 Å². The van der Waals surface area contributed by atoms with Crippen molar-refractivity contribution >= 4 is 19.8 Å². The molecule has 51 heavy (non-hydrogen) atoms. The Balaban J connectivity index is 3.98. The average Bonchev–Trinajstić information content (AvgIpc) is 3.12. The van der Waals surface area contributed by atoms with Gasteiger partial charge in [-0.15, -0.1) is 0 Å². The van der Waals surface area contributed by atoms with Crippen LogP contribution in [0.15, 0.2) is 24.3 Å². The molecular weight excluding hydrogens is 663 g/mol. The summed E-state index contributed by atoms with van der Waals surface area (Å²) in [5.74, 6) is -0.812. The molecule has 0 fully saturated rings. The van der Waals surface area contributed by atoms with Crippen LogP contribution in [-0.4, -0.2) is 43.3 Å². The number of carbonyl (C=O) groups excluding carboxylic acids is 2. The van der Waals surface area contributed by atoms with Crippen molar-refractivity contribution in [2.75, 3.05) is 20.3 Å². The van der Waals surface area contributed by atoms with Crippen molar-refractivity contribution in [3.05, 3.63) is 24.3 Å². The summed E-state index contributed by atoms with van der Waals surface area (Å²) in [7, 11) is -3.20. The SMILES string of the molecule is CCCC/C=C\C/C=C\CCCCCCCC(=O)OC(COC(=O)CCCCCCCCCCCCCCCCCCCC)COP(=O)(O)OC. The van der Waals surface area contributed by atoms with E-state index >= 15 is 0 Å². The molecule has 0 aromatic heterocycles. The van der Waals surface area contributed by atoms with Gasteiger partial charge in [-0.3, -0.25) is 18.6 Å². The molecule has 0 aromatic carbocycles. The predicted octanol–water partition coefficient (Wildman–Crippen LogP) is 13.1. The topological polar surface area (TPSA) is 108 Å². The second kappa shape index (κ2) is 38.3. The number of esters is 2. The minimum Gasteiger partial charge on any atom is -0.462 e. The lowest BCUT2D eigenvalue weighted by Crippen LogP contribution is -2.29. The largest absolute Gasteiger partial charge is 0.472 e. The molecule has 0 radical (unpaired) electrons. The van der Waals surface area contributed by atoms with Crippen molar-refractivity contribution in [1.82, 2.24) is 0 Å². The summed E-state index contributed by atoms with van der Waals surface area (Å²) in [5, 5.41) is 0. The molecule has 2 atom stereocenters. The number of ether oxygens (including phenoxy) is 2. The quantitative estimate of drug-likeness (QED) is 0.0287. The van der Waals surface area contributed by atoms with E-state index in [4.69, 9.17) is 14.0 Å². The van der Waals surface area contributed by atoms with Crippen molar-refractivity contribution in [1.29, 1.82) is 0 Å². The van der Waals surface area contributed by atoms with Crippen LogP contribution < -0.4 is 0 Å². The number of phosphoric acid groups is 1. The van der Waals surface area contributed by atoms with Gasteiger partial charge in [-0.05, 0) is 38.5 Å². The first kappa shape index (κ1) is 49.5. The Kier molecular flexibility index (Phi) is 37.2. The summed E-state index contributed by atoms with van der Waals surface area (Å²) in [6, 6.07) is 0. The van der Waals surface area contributed by atoms with E-state index in [9.17, 15) is 19.0 Å². The molecule has 0 saturated carbocycles. The van der Waals surface area contributed by atoms with Gasteiger partial charge < -0.3 is 14.4 Å². The lowest BCUT2D eigenvalue weighted by Gasteiger charge is -2.19. The van der Waals surface area contributed by atoms with Crippen molar-refractivity contribution in [3.63, 3.8) is 0 Å². The molecule has 300 valence electrons. The predicted molar refractivity (Wildman–Crippen MR) is 212 cm³/mol. The second-order valence-corrected chi connectivity index (χ2v) is 15.7. The monoisotopic (exact) mass is 743 g/mol. The Labute approximate surface area is 313 Å². The number of allylic oxidation sites excluding steroid dienone is 4. The smallest absolute Gasteiger partial charge is 0.462 e. The molecule has 2 unspecified atom stereocenters. The molecule has 0 aromatic rings. The first-order chi connectivity index (χ1) is 24.8. The molecule has 0 bridgehead atoms. The standard InChI is InChI=1S/C42H79O8P/c1-4-6-8-10-12-14-16-18-20-21-22-23-25-26-28-30-32-34-36-41(43)48-38-40(39-49-51(45,46)47-3)50-42(44)37-35-33-31-29-27-24-19-17-15-13-11-9-7-5-2/h11,13,17,19,40H,4-10,12,14-16,18,20-39H2,1-3H3,(H,45,46)/b13-11-,19-17-. The van der Waals surface area contributed by atoms with E-state index in [0.29, 0.717) is 12.8 Å². The Morgan fingerprint density at radius 3 is 1.43 bits per heavy atom. The molecule has 0 amide bonds. The molecule has 0 aliphatic heterocycles. The normalized spacial score (nSPS) is 13.6. The van der Waals surface area contributed by atoms with Crippen molar-refractivity contribution in [3.8, 4) is 0 Å². The summed E-state index contributed by atoms with van der Waals surface area (Å²) in [4.78, 5) is 34.4. The number of hydrogen-bond donors (Lipinski definition) is 1. The van der Waals surface area contributed by atoms with Crippen LogP contribution in [0.25, 0.3) is 0 Å². The number of carbonyl (C=O) groups is 2. The maximum absolute atomic E-state index is 12.5. The maximum Gasteiger partial charge on any atom is 0.472 e. The van der Waals surface area contributed by atoms with Crippen molar-refractivity contribution < 1.29 is 37.6 Å². The fourth-order valence-corrected chi connectivity index (χ4v) is 6.37. The summed E-state index contributed by atoms with van der Waals surface area (Å²) in [6.07, 6.45) is 42.3. The van der Waals surface area contributed by atoms with Gasteiger partial charge in [0.05, 0.1) is 6.61 Å². The molecule has 1 N–H and O–H groups in total. The van der Waals surface area contributed by atoms with Gasteiger partial charge in [-0.25, -0.2) is 4.57 Å². The van der Waals surface area contributed by atoms with Crippen LogP contribution in [0, 0.1) is 0 Å². The van der Waals surface area contributed by atoms with Crippen LogP contribution in [0.5, 0.6) is 0 Å². The third-order valence-electron chi connectivity index (χ3n) is 9.20. The Morgan fingerprint density at radius 2 is 0.961 bits per heavy atom. The van der Waals surface area contributed by atoms with E-state index in [0.717, 1.165) is 71.3 Å². The molecule has 0 saturated heterocycles. The van der Waals surface area contributed by atoms with Gasteiger partial charge >= 0.3 is 19.8 Å². The van der Waals surface area contributed by atoms with Crippen molar-refractivity contribution in [2.45, 2.75) is 213 Å². The molecular formula is C42H79O8P. The number of hydrogen-bond acceptors (Lipinski definition) is 7. The van der Waals surface area contributed by atoms with E-state index in [1.54, 1.807) is 0 Å². The lowest BCUT2D eigenvalue weighted by molar-refractivity contribution is -0.161. The lowest BCUT2D eigenvalue weighted by atomic mass is 10.0. The van der Waals surface area contributed by atoms with E-state index in [1.165, 1.54) is 109 Å². The molecule has 0 aliphatic rings. The molecule has 0 heterocycles. The van der Waals surface area contributed by atoms with Crippen LogP contribution in [-0.2, 0) is 32.7 Å². The summed E-state index contributed by atoms with van der Waals surface area (Å²) in [5.41, 5.74) is 0. The van der Waals surface area contributed by atoms with Gasteiger partial charge in [0, 0.05) is 20.0 Å². The fraction of sp³-hybridized carbons (Fsp3) is 0.857. The summed E-state index contributed by atoms with van der Waals surface area (Å²) in [6.45, 7) is 3.85. The third-order valence-corrected chi connectivity index (χ3v) is 10.1. The zero-order chi connectivity index (χ0) is 37.5. The van der Waals surface area contributed by atoms with E-state index in [1.807, 2.05) is 0 Å². The second-order valence-electron chi connectivity index (χ2n) is 14.1. The maximum atomic E-state index is 12.5. The first-order valence-corrected chi connectivity index (χ1v) is 22.5. The Bertz CT molecular complexity index is 890. The zero-order valence-corrected chi connectivity index (χ0v) is 34.2. The molecule has 8 nitrogen and oxygen atoms in total. The Hall–Kier alpha value is -1.47. The number of unbranched alkanes of at least 4 members (excludes halogenated alkanes) is 24. The molecule has 0 spiro atoms. The third kappa shape index (κ3) is 38.1. The number of rotatable bonds is 39. The van der Waals surface area contributed by atoms with Crippen LogP contribution in [0.4, 0.5) is 0 Å². The minimum absolute atomic E-state index is 0.227. The first-order valence-electron chi connectivity index (χ1n) is 21.0. The van der Waals surface area contributed by atoms with Crippen molar-refractivity contribution in [2.24, 2.45) is 0 Å². The van der Waals surface area contributed by atoms with Gasteiger partial charge in [-0.1, -0.05) is 179 Å². The highest BCUT2D eigenvalue weighted by atomic mass is 31.2. The summed E-state index contributed by atoms with van der Waals surface area (Å²) >= 11 is 0. The van der Waals surface area contributed by atoms with Crippen LogP contribution >= 0.6 is 7.82 Å². The highest BCUT2D eigenvalue weighted by Crippen LogP contribution is 2.42. The highest BCUT2D eigenvalue weighted by molar-refractivity contribution is 7.47. The fourth-order valence-electron chi connectivity index (χ4n) is 5.91. The zero-order valence-electron chi connectivity index (χ0n) is 33.3. The highest BCUT2D eigenvalue weighted by Gasteiger charge is 2.24. The van der Waals surface area contributed by atoms with Crippen LogP contribution in [0.3, 0.4) is 0 Å². The van der Waals surface area contributed by atoms with Gasteiger partial charge in [0.1, 0.15) is 6.61 Å². The number of phosphoric ester groups is 1. The van der Waals surface area contributed by atoms with E-state index in [-0.39, 0.29) is 19.0 Å². The van der Waals surface area contributed by atoms with E-state index in [2.05, 4.69) is 42.7 Å². The Morgan fingerprint density at radius 1 is 0.549 bits per heavy atom. The van der Waals surface area contributed by atoms with Gasteiger partial charge in [0.25, 0.3) is 0 Å².